The molecule has 0 radical (unpaired) electrons. The van der Waals surface area contributed by atoms with Gasteiger partial charge in [0.1, 0.15) is 5.82 Å². The minimum atomic E-state index is -0.250. The number of halogens is 1. The molecule has 1 aromatic carbocycles. The molecule has 3 N–H and O–H groups in total. The van der Waals surface area contributed by atoms with Crippen molar-refractivity contribution in [2.24, 2.45) is 11.7 Å². The highest BCUT2D eigenvalue weighted by molar-refractivity contribution is 5.76. The van der Waals surface area contributed by atoms with E-state index >= 15 is 0 Å². The van der Waals surface area contributed by atoms with Crippen LogP contribution in [-0.4, -0.2) is 18.5 Å². The van der Waals surface area contributed by atoms with Gasteiger partial charge in [-0.25, -0.2) is 4.39 Å². The summed E-state index contributed by atoms with van der Waals surface area (Å²) in [5.74, 6) is 0.353. The Kier molecular flexibility index (Phi) is 4.31. The Morgan fingerprint density at radius 3 is 2.61 bits per heavy atom. The minimum Gasteiger partial charge on any atom is -0.352 e. The summed E-state index contributed by atoms with van der Waals surface area (Å²) in [6.45, 7) is 0.507. The zero-order chi connectivity index (χ0) is 13.0. The van der Waals surface area contributed by atoms with Crippen LogP contribution >= 0.6 is 0 Å². The molecule has 1 aliphatic carbocycles. The van der Waals surface area contributed by atoms with E-state index in [9.17, 15) is 9.18 Å². The lowest BCUT2D eigenvalue weighted by Gasteiger charge is -2.15. The highest BCUT2D eigenvalue weighted by Crippen LogP contribution is 2.32. The van der Waals surface area contributed by atoms with Crippen molar-refractivity contribution in [1.82, 2.24) is 5.32 Å². The molecule has 2 rings (SSSR count). The van der Waals surface area contributed by atoms with Crippen molar-refractivity contribution in [2.75, 3.05) is 6.54 Å². The summed E-state index contributed by atoms with van der Waals surface area (Å²) in [4.78, 5) is 11.7. The van der Waals surface area contributed by atoms with E-state index in [1.807, 2.05) is 0 Å². The second kappa shape index (κ2) is 5.96. The molecule has 0 aromatic heterocycles. The molecule has 18 heavy (non-hydrogen) atoms. The number of hydrogen-bond acceptors (Lipinski definition) is 2. The first-order chi connectivity index (χ1) is 8.69. The number of aryl methyl sites for hydroxylation is 1. The van der Waals surface area contributed by atoms with Gasteiger partial charge in [-0.3, -0.25) is 4.79 Å². The Bertz CT molecular complexity index is 401. The van der Waals surface area contributed by atoms with Gasteiger partial charge < -0.3 is 11.1 Å². The van der Waals surface area contributed by atoms with Gasteiger partial charge in [0.15, 0.2) is 0 Å². The van der Waals surface area contributed by atoms with E-state index in [1.54, 1.807) is 12.1 Å². The monoisotopic (exact) mass is 250 g/mol. The van der Waals surface area contributed by atoms with E-state index < -0.39 is 0 Å². The summed E-state index contributed by atoms with van der Waals surface area (Å²) in [6, 6.07) is 6.39. The normalized spacial score (nSPS) is 16.3. The topological polar surface area (TPSA) is 55.1 Å². The van der Waals surface area contributed by atoms with Crippen LogP contribution in [0.1, 0.15) is 24.8 Å². The molecule has 4 heteroatoms. The van der Waals surface area contributed by atoms with Crippen LogP contribution in [0.3, 0.4) is 0 Å². The average molecular weight is 250 g/mol. The van der Waals surface area contributed by atoms with Crippen LogP contribution in [0.15, 0.2) is 24.3 Å². The quantitative estimate of drug-likeness (QED) is 0.806. The molecule has 98 valence electrons. The molecule has 0 spiro atoms. The Morgan fingerprint density at radius 1 is 1.39 bits per heavy atom. The summed E-state index contributed by atoms with van der Waals surface area (Å²) < 4.78 is 12.7. The number of rotatable bonds is 6. The van der Waals surface area contributed by atoms with Gasteiger partial charge in [0.2, 0.25) is 5.91 Å². The van der Waals surface area contributed by atoms with Crippen molar-refractivity contribution in [2.45, 2.75) is 31.7 Å². The summed E-state index contributed by atoms with van der Waals surface area (Å²) in [5.41, 5.74) is 6.60. The first-order valence-electron chi connectivity index (χ1n) is 6.43. The SMILES string of the molecule is NCC(NC(=O)CCc1ccc(F)cc1)C1CC1. The van der Waals surface area contributed by atoms with Crippen LogP contribution in [0.4, 0.5) is 4.39 Å². The predicted octanol–water partition coefficient (Wildman–Crippen LogP) is 1.61. The molecule has 1 aliphatic rings. The highest BCUT2D eigenvalue weighted by atomic mass is 19.1. The molecule has 3 nitrogen and oxygen atoms in total. The number of nitrogens with two attached hydrogens (primary N) is 1. The number of carbonyl (C=O) groups excluding carboxylic acids is 1. The molecular weight excluding hydrogens is 231 g/mol. The Labute approximate surface area is 107 Å². The van der Waals surface area contributed by atoms with Crippen molar-refractivity contribution in [3.63, 3.8) is 0 Å². The van der Waals surface area contributed by atoms with E-state index in [4.69, 9.17) is 5.73 Å². The molecule has 0 aliphatic heterocycles. The Hall–Kier alpha value is -1.42. The molecule has 0 saturated heterocycles. The van der Waals surface area contributed by atoms with E-state index in [1.165, 1.54) is 25.0 Å². The van der Waals surface area contributed by atoms with Gasteiger partial charge in [-0.2, -0.15) is 0 Å². The average Bonchev–Trinajstić information content (AvgIpc) is 3.19. The summed E-state index contributed by atoms with van der Waals surface area (Å²) in [5, 5.41) is 2.97. The fraction of sp³-hybridized carbons (Fsp3) is 0.500. The zero-order valence-electron chi connectivity index (χ0n) is 10.4. The van der Waals surface area contributed by atoms with Crippen LogP contribution in [0.5, 0.6) is 0 Å². The molecule has 1 amide bonds. The lowest BCUT2D eigenvalue weighted by atomic mass is 10.1. The third kappa shape index (κ3) is 3.81. The third-order valence-corrected chi connectivity index (χ3v) is 3.35. The lowest BCUT2D eigenvalue weighted by molar-refractivity contribution is -0.121. The maximum atomic E-state index is 12.7. The van der Waals surface area contributed by atoms with E-state index in [0.29, 0.717) is 25.3 Å². The fourth-order valence-electron chi connectivity index (χ4n) is 2.06. The Morgan fingerprint density at radius 2 is 2.06 bits per heavy atom. The Balaban J connectivity index is 1.75. The van der Waals surface area contributed by atoms with Crippen molar-refractivity contribution in [1.29, 1.82) is 0 Å². The van der Waals surface area contributed by atoms with Crippen LogP contribution in [0.2, 0.25) is 0 Å². The van der Waals surface area contributed by atoms with Crippen molar-refractivity contribution >= 4 is 5.91 Å². The van der Waals surface area contributed by atoms with Gasteiger partial charge >= 0.3 is 0 Å². The largest absolute Gasteiger partial charge is 0.352 e. The lowest BCUT2D eigenvalue weighted by Crippen LogP contribution is -2.41. The number of amides is 1. The molecule has 1 saturated carbocycles. The molecular formula is C14H19FN2O. The van der Waals surface area contributed by atoms with Crippen LogP contribution in [0.25, 0.3) is 0 Å². The highest BCUT2D eigenvalue weighted by Gasteiger charge is 2.30. The smallest absolute Gasteiger partial charge is 0.220 e. The standard InChI is InChI=1S/C14H19FN2O/c15-12-6-1-10(2-7-12)3-8-14(18)17-13(9-16)11-4-5-11/h1-2,6-7,11,13H,3-5,8-9,16H2,(H,17,18). The summed E-state index contributed by atoms with van der Waals surface area (Å²) in [7, 11) is 0. The van der Waals surface area contributed by atoms with Gasteiger partial charge in [-0.1, -0.05) is 12.1 Å². The van der Waals surface area contributed by atoms with E-state index in [0.717, 1.165) is 5.56 Å². The van der Waals surface area contributed by atoms with Crippen molar-refractivity contribution in [3.8, 4) is 0 Å². The van der Waals surface area contributed by atoms with Crippen LogP contribution in [0, 0.1) is 11.7 Å². The molecule has 1 fully saturated rings. The van der Waals surface area contributed by atoms with Crippen LogP contribution < -0.4 is 11.1 Å². The van der Waals surface area contributed by atoms with Gasteiger partial charge in [0.25, 0.3) is 0 Å². The minimum absolute atomic E-state index is 0.0293. The number of nitrogens with one attached hydrogen (secondary N) is 1. The van der Waals surface area contributed by atoms with E-state index in [2.05, 4.69) is 5.32 Å². The first-order valence-corrected chi connectivity index (χ1v) is 6.43. The fourth-order valence-corrected chi connectivity index (χ4v) is 2.06. The maximum Gasteiger partial charge on any atom is 0.220 e. The van der Waals surface area contributed by atoms with Crippen molar-refractivity contribution in [3.05, 3.63) is 35.6 Å². The summed E-state index contributed by atoms with van der Waals surface area (Å²) >= 11 is 0. The van der Waals surface area contributed by atoms with E-state index in [-0.39, 0.29) is 17.8 Å². The molecule has 0 bridgehead atoms. The van der Waals surface area contributed by atoms with Gasteiger partial charge in [0, 0.05) is 19.0 Å². The first kappa shape index (κ1) is 13.0. The maximum absolute atomic E-state index is 12.7. The van der Waals surface area contributed by atoms with Gasteiger partial charge in [0.05, 0.1) is 0 Å². The molecule has 1 atom stereocenters. The second-order valence-corrected chi connectivity index (χ2v) is 4.87. The molecule has 1 aromatic rings. The zero-order valence-corrected chi connectivity index (χ0v) is 10.4. The summed E-state index contributed by atoms with van der Waals surface area (Å²) in [6.07, 6.45) is 3.39. The second-order valence-electron chi connectivity index (χ2n) is 4.87. The number of hydrogen-bond donors (Lipinski definition) is 2. The molecule has 1 unspecified atom stereocenters. The van der Waals surface area contributed by atoms with Crippen LogP contribution in [-0.2, 0) is 11.2 Å². The predicted molar refractivity (Wildman–Crippen MR) is 68.4 cm³/mol. The number of benzene rings is 1. The van der Waals surface area contributed by atoms with Crippen molar-refractivity contribution < 1.29 is 9.18 Å². The third-order valence-electron chi connectivity index (χ3n) is 3.35. The van der Waals surface area contributed by atoms with Gasteiger partial charge in [-0.15, -0.1) is 0 Å². The van der Waals surface area contributed by atoms with Gasteiger partial charge in [-0.05, 0) is 42.9 Å². The number of carbonyl (C=O) groups is 1. The molecule has 0 heterocycles.